The first-order chi connectivity index (χ1) is 6.83. The molecule has 1 aromatic heterocycles. The molecular weight excluding hydrogens is 267 g/mol. The fourth-order valence-corrected chi connectivity index (χ4v) is 1.80. The fourth-order valence-electron chi connectivity index (χ4n) is 1.15. The molecule has 0 saturated carbocycles. The first-order valence-corrected chi connectivity index (χ1v) is 5.28. The Kier molecular flexibility index (Phi) is 2.84. The monoisotopic (exact) mass is 272 g/mol. The van der Waals surface area contributed by atoms with Gasteiger partial charge in [-0.1, -0.05) is 39.3 Å². The molecule has 2 rings (SSSR count). The van der Waals surface area contributed by atoms with E-state index in [1.165, 1.54) is 0 Å². The van der Waals surface area contributed by atoms with E-state index in [-0.39, 0.29) is 0 Å². The lowest BCUT2D eigenvalue weighted by atomic mass is 10.1. The van der Waals surface area contributed by atoms with Gasteiger partial charge in [0, 0.05) is 10.0 Å². The van der Waals surface area contributed by atoms with Crippen molar-refractivity contribution < 1.29 is 4.63 Å². The van der Waals surface area contributed by atoms with Crippen molar-refractivity contribution >= 4 is 27.5 Å². The van der Waals surface area contributed by atoms with Crippen LogP contribution in [0.25, 0.3) is 11.3 Å². The molecule has 2 aromatic rings. The maximum atomic E-state index is 5.70. The Labute approximate surface area is 94.2 Å². The zero-order chi connectivity index (χ0) is 9.97. The predicted octanol–water partition coefficient (Wildman–Crippen LogP) is 3.24. The third-order valence-electron chi connectivity index (χ3n) is 1.81. The summed E-state index contributed by atoms with van der Waals surface area (Å²) in [6.45, 7) is 0. The van der Waals surface area contributed by atoms with Gasteiger partial charge in [-0.15, -0.1) is 11.6 Å². The molecule has 0 aliphatic heterocycles. The van der Waals surface area contributed by atoms with Crippen molar-refractivity contribution in [2.45, 2.75) is 5.88 Å². The van der Waals surface area contributed by atoms with Crippen LogP contribution in [0.1, 0.15) is 5.69 Å². The van der Waals surface area contributed by atoms with Gasteiger partial charge in [-0.3, -0.25) is 0 Å². The molecule has 0 fully saturated rings. The number of alkyl halides is 1. The molecule has 0 aliphatic rings. The van der Waals surface area contributed by atoms with Gasteiger partial charge in [0.25, 0.3) is 0 Å². The first kappa shape index (κ1) is 9.68. The zero-order valence-electron chi connectivity index (χ0n) is 7.08. The number of benzene rings is 1. The van der Waals surface area contributed by atoms with E-state index in [1.54, 1.807) is 0 Å². The molecule has 1 aromatic carbocycles. The average Bonchev–Trinajstić information content (AvgIpc) is 2.66. The molecule has 0 aliphatic carbocycles. The van der Waals surface area contributed by atoms with Crippen LogP contribution in [0.15, 0.2) is 33.4 Å². The highest BCUT2D eigenvalue weighted by molar-refractivity contribution is 9.10. The summed E-state index contributed by atoms with van der Waals surface area (Å²) in [4.78, 5) is 0. The van der Waals surface area contributed by atoms with E-state index in [9.17, 15) is 0 Å². The number of hydrogen-bond acceptors (Lipinski definition) is 3. The lowest BCUT2D eigenvalue weighted by molar-refractivity contribution is 0.305. The molecule has 72 valence electrons. The Morgan fingerprint density at radius 2 is 2.07 bits per heavy atom. The van der Waals surface area contributed by atoms with Crippen LogP contribution in [0.4, 0.5) is 0 Å². The third-order valence-corrected chi connectivity index (χ3v) is 2.76. The summed E-state index contributed by atoms with van der Waals surface area (Å²) in [5, 5.41) is 7.53. The minimum atomic E-state index is 0.292. The van der Waals surface area contributed by atoms with Crippen molar-refractivity contribution in [1.29, 1.82) is 0 Å². The maximum absolute atomic E-state index is 5.70. The van der Waals surface area contributed by atoms with Crippen molar-refractivity contribution in [2.24, 2.45) is 0 Å². The molecule has 0 saturated heterocycles. The average molecular weight is 274 g/mol. The van der Waals surface area contributed by atoms with Gasteiger partial charge in [-0.25, -0.2) is 4.63 Å². The van der Waals surface area contributed by atoms with Crippen LogP contribution in [-0.4, -0.2) is 10.3 Å². The van der Waals surface area contributed by atoms with E-state index in [0.29, 0.717) is 17.3 Å². The zero-order valence-corrected chi connectivity index (χ0v) is 9.42. The lowest BCUT2D eigenvalue weighted by Crippen LogP contribution is -1.85. The molecule has 0 atom stereocenters. The van der Waals surface area contributed by atoms with Crippen LogP contribution in [-0.2, 0) is 5.88 Å². The van der Waals surface area contributed by atoms with Crippen LogP contribution in [0.2, 0.25) is 0 Å². The number of aromatic nitrogens is 2. The van der Waals surface area contributed by atoms with Crippen LogP contribution in [0, 0.1) is 0 Å². The van der Waals surface area contributed by atoms with Gasteiger partial charge in [0.15, 0.2) is 0 Å². The van der Waals surface area contributed by atoms with Gasteiger partial charge in [0.2, 0.25) is 0 Å². The number of rotatable bonds is 2. The summed E-state index contributed by atoms with van der Waals surface area (Å²) < 4.78 is 5.59. The summed E-state index contributed by atoms with van der Waals surface area (Å²) in [6, 6.07) is 7.72. The second kappa shape index (κ2) is 4.11. The molecule has 0 bridgehead atoms. The van der Waals surface area contributed by atoms with Crippen LogP contribution >= 0.6 is 27.5 Å². The molecule has 0 unspecified atom stereocenters. The molecule has 0 radical (unpaired) electrons. The fraction of sp³-hybridized carbons (Fsp3) is 0.111. The Hall–Kier alpha value is -0.870. The van der Waals surface area contributed by atoms with Crippen molar-refractivity contribution in [1.82, 2.24) is 10.3 Å². The highest BCUT2D eigenvalue weighted by atomic mass is 79.9. The van der Waals surface area contributed by atoms with E-state index in [0.717, 1.165) is 10.0 Å². The van der Waals surface area contributed by atoms with Crippen LogP contribution < -0.4 is 0 Å². The molecule has 5 heteroatoms. The minimum absolute atomic E-state index is 0.292. The topological polar surface area (TPSA) is 38.9 Å². The van der Waals surface area contributed by atoms with Crippen LogP contribution in [0.5, 0.6) is 0 Å². The normalized spacial score (nSPS) is 10.4. The third kappa shape index (κ3) is 1.67. The molecule has 0 N–H and O–H groups in total. The highest BCUT2D eigenvalue weighted by Crippen LogP contribution is 2.28. The largest absolute Gasteiger partial charge is 0.244 e. The first-order valence-electron chi connectivity index (χ1n) is 3.95. The Morgan fingerprint density at radius 1 is 1.29 bits per heavy atom. The van der Waals surface area contributed by atoms with Crippen LogP contribution in [0.3, 0.4) is 0 Å². The van der Waals surface area contributed by atoms with E-state index in [2.05, 4.69) is 30.9 Å². The molecular formula is C9H6BrClN2O. The highest BCUT2D eigenvalue weighted by Gasteiger charge is 2.13. The standard InChI is InChI=1S/C9H6BrClN2O/c10-7-4-2-1-3-6(7)9-8(5-11)12-14-13-9/h1-4H,5H2. The summed E-state index contributed by atoms with van der Waals surface area (Å²) in [5.74, 6) is 0.292. The van der Waals surface area contributed by atoms with Crippen molar-refractivity contribution in [3.8, 4) is 11.3 Å². The summed E-state index contributed by atoms with van der Waals surface area (Å²) in [5.41, 5.74) is 2.27. The van der Waals surface area contributed by atoms with Gasteiger partial charge in [-0.05, 0) is 11.2 Å². The Morgan fingerprint density at radius 3 is 2.79 bits per heavy atom. The SMILES string of the molecule is ClCc1nonc1-c1ccccc1Br. The van der Waals surface area contributed by atoms with Gasteiger partial charge in [-0.2, -0.15) is 0 Å². The lowest BCUT2D eigenvalue weighted by Gasteiger charge is -1.99. The molecule has 3 nitrogen and oxygen atoms in total. The van der Waals surface area contributed by atoms with E-state index in [1.807, 2.05) is 24.3 Å². The van der Waals surface area contributed by atoms with Gasteiger partial charge < -0.3 is 0 Å². The predicted molar refractivity (Wildman–Crippen MR) is 57.0 cm³/mol. The van der Waals surface area contributed by atoms with Crippen molar-refractivity contribution in [3.63, 3.8) is 0 Å². The van der Waals surface area contributed by atoms with E-state index >= 15 is 0 Å². The van der Waals surface area contributed by atoms with E-state index in [4.69, 9.17) is 11.6 Å². The molecule has 1 heterocycles. The summed E-state index contributed by atoms with van der Waals surface area (Å²) in [7, 11) is 0. The molecule has 0 amide bonds. The summed E-state index contributed by atoms with van der Waals surface area (Å²) >= 11 is 9.13. The number of hydrogen-bond donors (Lipinski definition) is 0. The van der Waals surface area contributed by atoms with E-state index < -0.39 is 0 Å². The van der Waals surface area contributed by atoms with Gasteiger partial charge >= 0.3 is 0 Å². The maximum Gasteiger partial charge on any atom is 0.140 e. The van der Waals surface area contributed by atoms with Crippen molar-refractivity contribution in [3.05, 3.63) is 34.4 Å². The smallest absolute Gasteiger partial charge is 0.140 e. The Balaban J connectivity index is 2.54. The second-order valence-corrected chi connectivity index (χ2v) is 3.79. The van der Waals surface area contributed by atoms with Gasteiger partial charge in [0.1, 0.15) is 11.4 Å². The summed E-state index contributed by atoms with van der Waals surface area (Å²) in [6.07, 6.45) is 0. The van der Waals surface area contributed by atoms with Crippen molar-refractivity contribution in [2.75, 3.05) is 0 Å². The quantitative estimate of drug-likeness (QED) is 0.789. The number of halogens is 2. The minimum Gasteiger partial charge on any atom is -0.244 e. The number of nitrogens with zero attached hydrogens (tertiary/aromatic N) is 2. The molecule has 14 heavy (non-hydrogen) atoms. The Bertz CT molecular complexity index is 444. The van der Waals surface area contributed by atoms with Gasteiger partial charge in [0.05, 0.1) is 5.88 Å². The second-order valence-electron chi connectivity index (χ2n) is 2.67. The molecule has 0 spiro atoms.